The molecule has 0 aliphatic carbocycles. The fourth-order valence-electron chi connectivity index (χ4n) is 1.86. The molecule has 1 unspecified atom stereocenters. The van der Waals surface area contributed by atoms with E-state index in [1.165, 1.54) is 25.6 Å². The van der Waals surface area contributed by atoms with Crippen LogP contribution in [0.3, 0.4) is 0 Å². The Morgan fingerprint density at radius 1 is 1.19 bits per heavy atom. The number of hydrogen-bond donors (Lipinski definition) is 1. The standard InChI is InChI=1S/C14H14F3N3O/c1-21-13-7-12(19-8-20-13)11(18)6-9-2-4-10(5-3-9)14(15,16)17/h2-5,7-8,11H,6,18H2,1H3. The minimum Gasteiger partial charge on any atom is -0.481 e. The van der Waals surface area contributed by atoms with Gasteiger partial charge in [0.05, 0.1) is 24.4 Å². The minimum atomic E-state index is -4.33. The third-order valence-electron chi connectivity index (χ3n) is 2.99. The summed E-state index contributed by atoms with van der Waals surface area (Å²) in [6.07, 6.45) is -2.63. The summed E-state index contributed by atoms with van der Waals surface area (Å²) in [6, 6.07) is 6.08. The van der Waals surface area contributed by atoms with Crippen molar-refractivity contribution in [2.45, 2.75) is 18.6 Å². The van der Waals surface area contributed by atoms with E-state index in [0.29, 0.717) is 23.6 Å². The molecule has 2 N–H and O–H groups in total. The van der Waals surface area contributed by atoms with Crippen LogP contribution in [-0.4, -0.2) is 17.1 Å². The van der Waals surface area contributed by atoms with Crippen molar-refractivity contribution in [3.05, 3.63) is 53.5 Å². The lowest BCUT2D eigenvalue weighted by Gasteiger charge is -2.12. The molecular formula is C14H14F3N3O. The first-order valence-corrected chi connectivity index (χ1v) is 6.18. The Hall–Kier alpha value is -2.15. The van der Waals surface area contributed by atoms with E-state index in [1.54, 1.807) is 6.07 Å². The van der Waals surface area contributed by atoms with E-state index < -0.39 is 17.8 Å². The van der Waals surface area contributed by atoms with Gasteiger partial charge in [0.25, 0.3) is 0 Å². The Balaban J connectivity index is 2.10. The number of nitrogens with zero attached hydrogens (tertiary/aromatic N) is 2. The van der Waals surface area contributed by atoms with Gasteiger partial charge in [-0.25, -0.2) is 9.97 Å². The maximum absolute atomic E-state index is 12.5. The average Bonchev–Trinajstić information content (AvgIpc) is 2.47. The van der Waals surface area contributed by atoms with E-state index in [-0.39, 0.29) is 0 Å². The van der Waals surface area contributed by atoms with E-state index in [0.717, 1.165) is 12.1 Å². The van der Waals surface area contributed by atoms with E-state index >= 15 is 0 Å². The highest BCUT2D eigenvalue weighted by Crippen LogP contribution is 2.29. The predicted octanol–water partition coefficient (Wildman–Crippen LogP) is 2.75. The average molecular weight is 297 g/mol. The van der Waals surface area contributed by atoms with Gasteiger partial charge >= 0.3 is 6.18 Å². The van der Waals surface area contributed by atoms with Crippen molar-refractivity contribution in [2.24, 2.45) is 5.73 Å². The van der Waals surface area contributed by atoms with Gasteiger partial charge in [0, 0.05) is 6.07 Å². The number of benzene rings is 1. The van der Waals surface area contributed by atoms with Gasteiger partial charge in [0.1, 0.15) is 6.33 Å². The molecule has 2 rings (SSSR count). The van der Waals surface area contributed by atoms with Crippen molar-refractivity contribution in [2.75, 3.05) is 7.11 Å². The van der Waals surface area contributed by atoms with E-state index in [9.17, 15) is 13.2 Å². The van der Waals surface area contributed by atoms with Crippen LogP contribution in [-0.2, 0) is 12.6 Å². The van der Waals surface area contributed by atoms with Crippen molar-refractivity contribution >= 4 is 0 Å². The number of nitrogens with two attached hydrogens (primary N) is 1. The van der Waals surface area contributed by atoms with Crippen LogP contribution in [0.25, 0.3) is 0 Å². The molecule has 1 aromatic carbocycles. The quantitative estimate of drug-likeness (QED) is 0.942. The maximum atomic E-state index is 12.5. The monoisotopic (exact) mass is 297 g/mol. The van der Waals surface area contributed by atoms with Crippen LogP contribution in [0.4, 0.5) is 13.2 Å². The molecule has 1 aromatic heterocycles. The number of alkyl halides is 3. The minimum absolute atomic E-state index is 0.373. The van der Waals surface area contributed by atoms with Crippen LogP contribution < -0.4 is 10.5 Å². The first kappa shape index (κ1) is 15.2. The molecule has 0 radical (unpaired) electrons. The lowest BCUT2D eigenvalue weighted by atomic mass is 10.0. The highest BCUT2D eigenvalue weighted by molar-refractivity contribution is 5.26. The van der Waals surface area contributed by atoms with Gasteiger partial charge < -0.3 is 10.5 Å². The van der Waals surface area contributed by atoms with Crippen LogP contribution in [0, 0.1) is 0 Å². The summed E-state index contributed by atoms with van der Waals surface area (Å²) in [5.41, 5.74) is 6.60. The molecule has 0 spiro atoms. The number of hydrogen-bond acceptors (Lipinski definition) is 4. The third kappa shape index (κ3) is 3.91. The highest BCUT2D eigenvalue weighted by Gasteiger charge is 2.29. The molecular weight excluding hydrogens is 283 g/mol. The van der Waals surface area contributed by atoms with Gasteiger partial charge in [0.15, 0.2) is 0 Å². The molecule has 0 fully saturated rings. The summed E-state index contributed by atoms with van der Waals surface area (Å²) in [7, 11) is 1.48. The fraction of sp³-hybridized carbons (Fsp3) is 0.286. The largest absolute Gasteiger partial charge is 0.481 e. The summed E-state index contributed by atoms with van der Waals surface area (Å²) < 4.78 is 42.4. The number of ether oxygens (including phenoxy) is 1. The van der Waals surface area contributed by atoms with Crippen molar-refractivity contribution in [1.29, 1.82) is 0 Å². The SMILES string of the molecule is COc1cc(C(N)Cc2ccc(C(F)(F)F)cc2)ncn1. The van der Waals surface area contributed by atoms with Gasteiger partial charge in [-0.1, -0.05) is 12.1 Å². The van der Waals surface area contributed by atoms with Gasteiger partial charge in [0.2, 0.25) is 5.88 Å². The fourth-order valence-corrected chi connectivity index (χ4v) is 1.86. The summed E-state index contributed by atoms with van der Waals surface area (Å²) in [5, 5.41) is 0. The zero-order valence-corrected chi connectivity index (χ0v) is 11.3. The number of halogens is 3. The first-order chi connectivity index (χ1) is 9.90. The van der Waals surface area contributed by atoms with Crippen LogP contribution in [0.2, 0.25) is 0 Å². The van der Waals surface area contributed by atoms with Crippen LogP contribution in [0.5, 0.6) is 5.88 Å². The normalized spacial score (nSPS) is 13.0. The molecule has 1 heterocycles. The van der Waals surface area contributed by atoms with Gasteiger partial charge in [-0.3, -0.25) is 0 Å². The molecule has 21 heavy (non-hydrogen) atoms. The Morgan fingerprint density at radius 2 is 1.86 bits per heavy atom. The van der Waals surface area contributed by atoms with E-state index in [2.05, 4.69) is 9.97 Å². The summed E-state index contributed by atoms with van der Waals surface area (Å²) >= 11 is 0. The van der Waals surface area contributed by atoms with Crippen LogP contribution in [0.1, 0.15) is 22.9 Å². The second-order valence-corrected chi connectivity index (χ2v) is 4.49. The predicted molar refractivity (Wildman–Crippen MR) is 70.7 cm³/mol. The highest BCUT2D eigenvalue weighted by atomic mass is 19.4. The maximum Gasteiger partial charge on any atom is 0.416 e. The number of methoxy groups -OCH3 is 1. The zero-order valence-electron chi connectivity index (χ0n) is 11.3. The Bertz CT molecular complexity index is 599. The van der Waals surface area contributed by atoms with Gasteiger partial charge in [-0.15, -0.1) is 0 Å². The smallest absolute Gasteiger partial charge is 0.416 e. The Morgan fingerprint density at radius 3 is 2.43 bits per heavy atom. The summed E-state index contributed by atoms with van der Waals surface area (Å²) in [4.78, 5) is 7.92. The lowest BCUT2D eigenvalue weighted by Crippen LogP contribution is -2.15. The van der Waals surface area contributed by atoms with Gasteiger partial charge in [-0.2, -0.15) is 13.2 Å². The van der Waals surface area contributed by atoms with Crippen molar-refractivity contribution in [1.82, 2.24) is 9.97 Å². The molecule has 0 saturated carbocycles. The van der Waals surface area contributed by atoms with Gasteiger partial charge in [-0.05, 0) is 24.1 Å². The number of aromatic nitrogens is 2. The second-order valence-electron chi connectivity index (χ2n) is 4.49. The van der Waals surface area contributed by atoms with E-state index in [1.807, 2.05) is 0 Å². The van der Waals surface area contributed by atoms with Crippen molar-refractivity contribution < 1.29 is 17.9 Å². The van der Waals surface area contributed by atoms with Crippen molar-refractivity contribution in [3.63, 3.8) is 0 Å². The molecule has 0 amide bonds. The number of rotatable bonds is 4. The van der Waals surface area contributed by atoms with Crippen LogP contribution >= 0.6 is 0 Å². The van der Waals surface area contributed by atoms with Crippen molar-refractivity contribution in [3.8, 4) is 5.88 Å². The summed E-state index contributed by atoms with van der Waals surface area (Å²) in [5.74, 6) is 0.392. The zero-order chi connectivity index (χ0) is 15.5. The van der Waals surface area contributed by atoms with E-state index in [4.69, 9.17) is 10.5 Å². The third-order valence-corrected chi connectivity index (χ3v) is 2.99. The molecule has 0 aliphatic heterocycles. The molecule has 112 valence electrons. The summed E-state index contributed by atoms with van der Waals surface area (Å²) in [6.45, 7) is 0. The Labute approximate surface area is 119 Å². The molecule has 0 aliphatic rings. The topological polar surface area (TPSA) is 61.0 Å². The van der Waals surface area contributed by atoms with Crippen LogP contribution in [0.15, 0.2) is 36.7 Å². The molecule has 7 heteroatoms. The molecule has 0 bridgehead atoms. The molecule has 4 nitrogen and oxygen atoms in total. The molecule has 2 aromatic rings. The molecule has 0 saturated heterocycles. The molecule has 1 atom stereocenters. The lowest BCUT2D eigenvalue weighted by molar-refractivity contribution is -0.137. The first-order valence-electron chi connectivity index (χ1n) is 6.18. The Kier molecular flexibility index (Phi) is 4.42. The second kappa shape index (κ2) is 6.09.